The molecule has 0 unspecified atom stereocenters. The first kappa shape index (κ1) is 16.1. The molecule has 1 aromatic carbocycles. The third-order valence-corrected chi connectivity index (χ3v) is 3.49. The van der Waals surface area contributed by atoms with Gasteiger partial charge in [-0.1, -0.05) is 12.1 Å². The van der Waals surface area contributed by atoms with Crippen LogP contribution in [0.2, 0.25) is 0 Å². The highest BCUT2D eigenvalue weighted by Crippen LogP contribution is 2.15. The highest BCUT2D eigenvalue weighted by molar-refractivity contribution is 5.78. The van der Waals surface area contributed by atoms with E-state index in [9.17, 15) is 14.0 Å². The third-order valence-electron chi connectivity index (χ3n) is 3.49. The van der Waals surface area contributed by atoms with Gasteiger partial charge in [-0.05, 0) is 25.0 Å². The Kier molecular flexibility index (Phi) is 5.57. The lowest BCUT2D eigenvalue weighted by Crippen LogP contribution is -2.47. The molecule has 0 spiro atoms. The van der Waals surface area contributed by atoms with Crippen molar-refractivity contribution in [2.24, 2.45) is 0 Å². The van der Waals surface area contributed by atoms with Crippen molar-refractivity contribution in [2.45, 2.75) is 18.9 Å². The number of hydrogen-bond acceptors (Lipinski definition) is 4. The van der Waals surface area contributed by atoms with Gasteiger partial charge in [-0.25, -0.2) is 9.18 Å². The lowest BCUT2D eigenvalue weighted by molar-refractivity contribution is -0.124. The predicted molar refractivity (Wildman–Crippen MR) is 77.0 cm³/mol. The van der Waals surface area contributed by atoms with Gasteiger partial charge in [0.1, 0.15) is 0 Å². The first-order valence-corrected chi connectivity index (χ1v) is 7.09. The van der Waals surface area contributed by atoms with E-state index in [2.05, 4.69) is 10.1 Å². The minimum atomic E-state index is -0.498. The van der Waals surface area contributed by atoms with Gasteiger partial charge in [-0.2, -0.15) is 0 Å². The summed E-state index contributed by atoms with van der Waals surface area (Å²) in [7, 11) is 1.34. The predicted octanol–water partition coefficient (Wildman–Crippen LogP) is 1.55. The first-order chi connectivity index (χ1) is 10.6. The van der Waals surface area contributed by atoms with E-state index in [1.54, 1.807) is 17.0 Å². The molecular formula is C15H19FN2O4. The third kappa shape index (κ3) is 4.34. The Balaban J connectivity index is 1.72. The minimum absolute atomic E-state index is 0.0161. The number of likely N-dealkylation sites (tertiary alicyclic amines) is 1. The molecule has 0 atom stereocenters. The molecule has 6 nitrogen and oxygen atoms in total. The Morgan fingerprint density at radius 2 is 2.00 bits per heavy atom. The van der Waals surface area contributed by atoms with Crippen LogP contribution in [0.1, 0.15) is 12.8 Å². The van der Waals surface area contributed by atoms with E-state index in [0.717, 1.165) is 0 Å². The number of carbonyl (C=O) groups is 2. The van der Waals surface area contributed by atoms with Crippen molar-refractivity contribution in [1.29, 1.82) is 0 Å². The number of rotatable bonds is 4. The molecule has 1 N–H and O–H groups in total. The van der Waals surface area contributed by atoms with Crippen LogP contribution >= 0.6 is 0 Å². The molecule has 2 rings (SSSR count). The van der Waals surface area contributed by atoms with E-state index in [1.165, 1.54) is 19.2 Å². The fourth-order valence-corrected chi connectivity index (χ4v) is 2.31. The van der Waals surface area contributed by atoms with Crippen molar-refractivity contribution in [3.8, 4) is 5.75 Å². The van der Waals surface area contributed by atoms with E-state index in [-0.39, 0.29) is 30.4 Å². The zero-order valence-corrected chi connectivity index (χ0v) is 12.4. The SMILES string of the molecule is COC(=O)N1CCC(NC(=O)COc2ccccc2F)CC1. The van der Waals surface area contributed by atoms with Crippen molar-refractivity contribution in [1.82, 2.24) is 10.2 Å². The van der Waals surface area contributed by atoms with Gasteiger partial charge in [0.2, 0.25) is 0 Å². The summed E-state index contributed by atoms with van der Waals surface area (Å²) in [6, 6.07) is 5.92. The van der Waals surface area contributed by atoms with E-state index in [4.69, 9.17) is 4.74 Å². The van der Waals surface area contributed by atoms with Crippen LogP contribution in [0.5, 0.6) is 5.75 Å². The molecule has 1 aromatic rings. The smallest absolute Gasteiger partial charge is 0.409 e. The number of hydrogen-bond donors (Lipinski definition) is 1. The maximum absolute atomic E-state index is 13.3. The Morgan fingerprint density at radius 3 is 2.64 bits per heavy atom. The van der Waals surface area contributed by atoms with Crippen LogP contribution in [0, 0.1) is 5.82 Å². The fraction of sp³-hybridized carbons (Fsp3) is 0.467. The highest BCUT2D eigenvalue weighted by Gasteiger charge is 2.24. The summed E-state index contributed by atoms with van der Waals surface area (Å²) in [4.78, 5) is 24.7. The Morgan fingerprint density at radius 1 is 1.32 bits per heavy atom. The lowest BCUT2D eigenvalue weighted by Gasteiger charge is -2.31. The van der Waals surface area contributed by atoms with Crippen molar-refractivity contribution in [3.05, 3.63) is 30.1 Å². The van der Waals surface area contributed by atoms with Crippen molar-refractivity contribution in [3.63, 3.8) is 0 Å². The quantitative estimate of drug-likeness (QED) is 0.916. The van der Waals surface area contributed by atoms with Crippen molar-refractivity contribution in [2.75, 3.05) is 26.8 Å². The van der Waals surface area contributed by atoms with Gasteiger partial charge < -0.3 is 19.7 Å². The second kappa shape index (κ2) is 7.63. The van der Waals surface area contributed by atoms with Gasteiger partial charge >= 0.3 is 6.09 Å². The van der Waals surface area contributed by atoms with E-state index >= 15 is 0 Å². The highest BCUT2D eigenvalue weighted by atomic mass is 19.1. The van der Waals surface area contributed by atoms with Gasteiger partial charge in [0.15, 0.2) is 18.2 Å². The van der Waals surface area contributed by atoms with Gasteiger partial charge in [0.25, 0.3) is 5.91 Å². The molecule has 1 aliphatic rings. The standard InChI is InChI=1S/C15H19FN2O4/c1-21-15(20)18-8-6-11(7-9-18)17-14(19)10-22-13-5-3-2-4-12(13)16/h2-5,11H,6-10H2,1H3,(H,17,19). The summed E-state index contributed by atoms with van der Waals surface area (Å²) in [5.41, 5.74) is 0. The number of benzene rings is 1. The first-order valence-electron chi connectivity index (χ1n) is 7.09. The molecule has 1 aliphatic heterocycles. The number of amides is 2. The second-order valence-corrected chi connectivity index (χ2v) is 5.02. The molecule has 0 saturated carbocycles. The number of halogens is 1. The largest absolute Gasteiger partial charge is 0.481 e. The zero-order chi connectivity index (χ0) is 15.9. The van der Waals surface area contributed by atoms with Crippen LogP contribution in [-0.4, -0.2) is 49.7 Å². The van der Waals surface area contributed by atoms with Gasteiger partial charge in [0, 0.05) is 19.1 Å². The molecule has 0 aliphatic carbocycles. The Bertz CT molecular complexity index is 530. The molecule has 7 heteroatoms. The average molecular weight is 310 g/mol. The van der Waals surface area contributed by atoms with Crippen molar-refractivity contribution >= 4 is 12.0 Å². The van der Waals surface area contributed by atoms with E-state index in [0.29, 0.717) is 25.9 Å². The summed E-state index contributed by atoms with van der Waals surface area (Å²) in [5.74, 6) is -0.750. The normalized spacial score (nSPS) is 15.3. The monoisotopic (exact) mass is 310 g/mol. The number of methoxy groups -OCH3 is 1. The zero-order valence-electron chi connectivity index (χ0n) is 12.4. The molecule has 1 heterocycles. The summed E-state index contributed by atoms with van der Waals surface area (Å²) >= 11 is 0. The van der Waals surface area contributed by atoms with Crippen molar-refractivity contribution < 1.29 is 23.5 Å². The second-order valence-electron chi connectivity index (χ2n) is 5.02. The molecule has 0 radical (unpaired) electrons. The number of piperidine rings is 1. The van der Waals surface area contributed by atoms with Gasteiger partial charge in [-0.15, -0.1) is 0 Å². The summed E-state index contributed by atoms with van der Waals surface area (Å²) < 4.78 is 23.1. The maximum atomic E-state index is 13.3. The van der Waals surface area contributed by atoms with Gasteiger partial charge in [-0.3, -0.25) is 4.79 Å². The lowest BCUT2D eigenvalue weighted by atomic mass is 10.1. The molecule has 0 aromatic heterocycles. The average Bonchev–Trinajstić information content (AvgIpc) is 2.54. The minimum Gasteiger partial charge on any atom is -0.481 e. The molecule has 22 heavy (non-hydrogen) atoms. The van der Waals surface area contributed by atoms with Crippen LogP contribution in [0.4, 0.5) is 9.18 Å². The number of carbonyl (C=O) groups excluding carboxylic acids is 2. The van der Waals surface area contributed by atoms with Crippen LogP contribution in [0.25, 0.3) is 0 Å². The van der Waals surface area contributed by atoms with Gasteiger partial charge in [0.05, 0.1) is 7.11 Å². The number of para-hydroxylation sites is 1. The van der Waals surface area contributed by atoms with Crippen LogP contribution < -0.4 is 10.1 Å². The number of ether oxygens (including phenoxy) is 2. The molecule has 2 amide bonds. The van der Waals surface area contributed by atoms with Crippen LogP contribution in [-0.2, 0) is 9.53 Å². The Labute approximate surface area is 128 Å². The number of nitrogens with zero attached hydrogens (tertiary/aromatic N) is 1. The maximum Gasteiger partial charge on any atom is 0.409 e. The topological polar surface area (TPSA) is 67.9 Å². The van der Waals surface area contributed by atoms with Crippen LogP contribution in [0.15, 0.2) is 24.3 Å². The molecule has 120 valence electrons. The van der Waals surface area contributed by atoms with E-state index in [1.807, 2.05) is 0 Å². The Hall–Kier alpha value is -2.31. The molecule has 1 fully saturated rings. The summed E-state index contributed by atoms with van der Waals surface area (Å²) in [5, 5.41) is 2.82. The number of nitrogens with one attached hydrogen (secondary N) is 1. The molecule has 0 bridgehead atoms. The summed E-state index contributed by atoms with van der Waals surface area (Å²) in [6.45, 7) is 0.829. The van der Waals surface area contributed by atoms with Crippen LogP contribution in [0.3, 0.4) is 0 Å². The molecule has 1 saturated heterocycles. The summed E-state index contributed by atoms with van der Waals surface area (Å²) in [6.07, 6.45) is 0.953. The van der Waals surface area contributed by atoms with E-state index < -0.39 is 5.82 Å². The molecular weight excluding hydrogens is 291 g/mol. The fourth-order valence-electron chi connectivity index (χ4n) is 2.31.